The van der Waals surface area contributed by atoms with Crippen molar-refractivity contribution < 1.29 is 13.2 Å². The zero-order valence-electron chi connectivity index (χ0n) is 10.0. The van der Waals surface area contributed by atoms with Crippen LogP contribution in [-0.4, -0.2) is 32.4 Å². The number of nitrogens with two attached hydrogens (primary N) is 1. The van der Waals surface area contributed by atoms with Gasteiger partial charge in [0.05, 0.1) is 6.54 Å². The number of sulfonamides is 1. The molecule has 0 radical (unpaired) electrons. The molecule has 4 N–H and O–H groups in total. The zero-order chi connectivity index (χ0) is 13.6. The second-order valence-electron chi connectivity index (χ2n) is 3.60. The van der Waals surface area contributed by atoms with Gasteiger partial charge in [-0.1, -0.05) is 6.92 Å². The van der Waals surface area contributed by atoms with Crippen LogP contribution in [0.5, 0.6) is 0 Å². The Kier molecular flexibility index (Phi) is 5.05. The first-order valence-corrected chi connectivity index (χ1v) is 6.98. The zero-order valence-corrected chi connectivity index (χ0v) is 10.8. The van der Waals surface area contributed by atoms with Gasteiger partial charge in [-0.3, -0.25) is 4.79 Å². The number of hydrogen-bond donors (Lipinski definition) is 3. The molecule has 0 saturated heterocycles. The van der Waals surface area contributed by atoms with Crippen LogP contribution in [0.2, 0.25) is 0 Å². The van der Waals surface area contributed by atoms with E-state index in [-0.39, 0.29) is 23.2 Å². The number of carbonyl (C=O) groups is 1. The second-order valence-corrected chi connectivity index (χ2v) is 5.13. The van der Waals surface area contributed by atoms with Crippen LogP contribution in [0.3, 0.4) is 0 Å². The average Bonchev–Trinajstić information content (AvgIpc) is 2.33. The van der Waals surface area contributed by atoms with Crippen molar-refractivity contribution in [3.8, 4) is 0 Å². The molecule has 0 saturated carbocycles. The van der Waals surface area contributed by atoms with Crippen molar-refractivity contribution in [2.75, 3.05) is 18.4 Å². The lowest BCUT2D eigenvalue weighted by Gasteiger charge is -2.09. The van der Waals surface area contributed by atoms with E-state index < -0.39 is 10.0 Å². The first-order valence-electron chi connectivity index (χ1n) is 5.43. The first kappa shape index (κ1) is 14.4. The smallest absolute Gasteiger partial charge is 0.241 e. The number of rotatable bonds is 6. The topological polar surface area (TPSA) is 114 Å². The Morgan fingerprint density at radius 2 is 2.22 bits per heavy atom. The lowest BCUT2D eigenvalue weighted by molar-refractivity contribution is -0.119. The van der Waals surface area contributed by atoms with E-state index in [1.807, 2.05) is 6.92 Å². The molecule has 0 aliphatic rings. The molecule has 8 heteroatoms. The maximum atomic E-state index is 11.4. The number of carbonyl (C=O) groups excluding carboxylic acids is 1. The maximum absolute atomic E-state index is 11.4. The molecule has 1 aromatic heterocycles. The van der Waals surface area contributed by atoms with E-state index in [0.717, 1.165) is 6.42 Å². The predicted octanol–water partition coefficient (Wildman–Crippen LogP) is -0.333. The van der Waals surface area contributed by atoms with Gasteiger partial charge in [0.2, 0.25) is 15.9 Å². The lowest BCUT2D eigenvalue weighted by atomic mass is 10.4. The number of nitrogens with zero attached hydrogens (tertiary/aromatic N) is 1. The average molecular weight is 272 g/mol. The third-order valence-electron chi connectivity index (χ3n) is 2.07. The van der Waals surface area contributed by atoms with Crippen LogP contribution >= 0.6 is 0 Å². The molecule has 0 aliphatic heterocycles. The number of anilines is 1. The van der Waals surface area contributed by atoms with Crippen molar-refractivity contribution in [2.45, 2.75) is 18.2 Å². The summed E-state index contributed by atoms with van der Waals surface area (Å²) in [6.45, 7) is 2.45. The van der Waals surface area contributed by atoms with Gasteiger partial charge in [-0.25, -0.2) is 18.5 Å². The molecule has 1 amide bonds. The fraction of sp³-hybridized carbons (Fsp3) is 0.400. The molecular weight excluding hydrogens is 256 g/mol. The van der Waals surface area contributed by atoms with E-state index in [1.54, 1.807) is 0 Å². The highest BCUT2D eigenvalue weighted by Gasteiger charge is 2.14. The Bertz CT molecular complexity index is 516. The summed E-state index contributed by atoms with van der Waals surface area (Å²) >= 11 is 0. The SMILES string of the molecule is CCCNC(=O)CNc1ncccc1S(N)(=O)=O. The minimum atomic E-state index is -3.86. The molecule has 1 heterocycles. The monoisotopic (exact) mass is 272 g/mol. The van der Waals surface area contributed by atoms with Gasteiger partial charge in [-0.2, -0.15) is 0 Å². The summed E-state index contributed by atoms with van der Waals surface area (Å²) in [6.07, 6.45) is 2.25. The molecule has 0 atom stereocenters. The third-order valence-corrected chi connectivity index (χ3v) is 3.01. The number of hydrogen-bond acceptors (Lipinski definition) is 5. The molecule has 7 nitrogen and oxygen atoms in total. The van der Waals surface area contributed by atoms with Gasteiger partial charge in [-0.05, 0) is 18.6 Å². The molecular formula is C10H16N4O3S. The molecule has 0 aliphatic carbocycles. The molecule has 0 spiro atoms. The molecule has 0 unspecified atom stereocenters. The van der Waals surface area contributed by atoms with Crippen LogP contribution in [0.15, 0.2) is 23.2 Å². The lowest BCUT2D eigenvalue weighted by Crippen LogP contribution is -2.31. The summed E-state index contributed by atoms with van der Waals surface area (Å²) in [5.41, 5.74) is 0. The van der Waals surface area contributed by atoms with Crippen LogP contribution in [0.1, 0.15) is 13.3 Å². The summed E-state index contributed by atoms with van der Waals surface area (Å²) in [6, 6.07) is 2.79. The highest BCUT2D eigenvalue weighted by atomic mass is 32.2. The maximum Gasteiger partial charge on any atom is 0.241 e. The molecule has 0 bridgehead atoms. The van der Waals surface area contributed by atoms with Crippen molar-refractivity contribution in [2.24, 2.45) is 5.14 Å². The number of amides is 1. The molecule has 18 heavy (non-hydrogen) atoms. The van der Waals surface area contributed by atoms with Crippen molar-refractivity contribution >= 4 is 21.7 Å². The second kappa shape index (κ2) is 6.31. The van der Waals surface area contributed by atoms with Crippen molar-refractivity contribution in [3.05, 3.63) is 18.3 Å². The van der Waals surface area contributed by atoms with Crippen molar-refractivity contribution in [3.63, 3.8) is 0 Å². The summed E-state index contributed by atoms with van der Waals surface area (Å²) in [7, 11) is -3.86. The normalized spacial score (nSPS) is 11.0. The summed E-state index contributed by atoms with van der Waals surface area (Å²) in [4.78, 5) is 15.1. The highest BCUT2D eigenvalue weighted by molar-refractivity contribution is 7.89. The van der Waals surface area contributed by atoms with E-state index in [0.29, 0.717) is 6.54 Å². The van der Waals surface area contributed by atoms with Crippen LogP contribution in [0.25, 0.3) is 0 Å². The van der Waals surface area contributed by atoms with Gasteiger partial charge in [0.25, 0.3) is 0 Å². The van der Waals surface area contributed by atoms with Gasteiger partial charge < -0.3 is 10.6 Å². The fourth-order valence-corrected chi connectivity index (χ4v) is 1.91. The molecule has 1 aromatic rings. The highest BCUT2D eigenvalue weighted by Crippen LogP contribution is 2.15. The predicted molar refractivity (Wildman–Crippen MR) is 67.4 cm³/mol. The first-order chi connectivity index (χ1) is 8.45. The Morgan fingerprint density at radius 3 is 2.83 bits per heavy atom. The minimum Gasteiger partial charge on any atom is -0.360 e. The van der Waals surface area contributed by atoms with Crippen LogP contribution < -0.4 is 15.8 Å². The Hall–Kier alpha value is -1.67. The van der Waals surface area contributed by atoms with E-state index in [9.17, 15) is 13.2 Å². The molecule has 0 fully saturated rings. The Labute approximate surface area is 106 Å². The van der Waals surface area contributed by atoms with Crippen molar-refractivity contribution in [1.29, 1.82) is 0 Å². The van der Waals surface area contributed by atoms with Gasteiger partial charge >= 0.3 is 0 Å². The van der Waals surface area contributed by atoms with Gasteiger partial charge in [0.1, 0.15) is 10.7 Å². The van der Waals surface area contributed by atoms with Crippen LogP contribution in [0, 0.1) is 0 Å². The minimum absolute atomic E-state index is 0.0560. The van der Waals surface area contributed by atoms with Crippen LogP contribution in [-0.2, 0) is 14.8 Å². The molecule has 100 valence electrons. The third kappa shape index (κ3) is 4.30. The van der Waals surface area contributed by atoms with E-state index in [2.05, 4.69) is 15.6 Å². The standard InChI is InChI=1S/C10H16N4O3S/c1-2-5-12-9(15)7-14-10-8(18(11,16)17)4-3-6-13-10/h3-4,6H,2,5,7H2,1H3,(H,12,15)(H,13,14)(H2,11,16,17). The Balaban J connectivity index is 2.71. The number of primary sulfonamides is 1. The number of nitrogens with one attached hydrogen (secondary N) is 2. The summed E-state index contributed by atoms with van der Waals surface area (Å²) in [5, 5.41) is 10.3. The Morgan fingerprint density at radius 1 is 1.50 bits per heavy atom. The quantitative estimate of drug-likeness (QED) is 0.656. The summed E-state index contributed by atoms with van der Waals surface area (Å²) < 4.78 is 22.5. The van der Waals surface area contributed by atoms with Gasteiger partial charge in [0, 0.05) is 12.7 Å². The number of pyridine rings is 1. The largest absolute Gasteiger partial charge is 0.360 e. The van der Waals surface area contributed by atoms with E-state index in [4.69, 9.17) is 5.14 Å². The molecule has 1 rings (SSSR count). The summed E-state index contributed by atoms with van der Waals surface area (Å²) in [5.74, 6) is -0.158. The van der Waals surface area contributed by atoms with Crippen LogP contribution in [0.4, 0.5) is 5.82 Å². The van der Waals surface area contributed by atoms with E-state index in [1.165, 1.54) is 18.3 Å². The number of aromatic nitrogens is 1. The van der Waals surface area contributed by atoms with Gasteiger partial charge in [0.15, 0.2) is 0 Å². The molecule has 0 aromatic carbocycles. The van der Waals surface area contributed by atoms with E-state index >= 15 is 0 Å². The van der Waals surface area contributed by atoms with Gasteiger partial charge in [-0.15, -0.1) is 0 Å². The fourth-order valence-electron chi connectivity index (χ4n) is 1.24. The van der Waals surface area contributed by atoms with Crippen molar-refractivity contribution in [1.82, 2.24) is 10.3 Å².